The number of hydrogen-bond donors (Lipinski definition) is 1. The maximum atomic E-state index is 11.1. The molecule has 0 fully saturated rings. The van der Waals surface area contributed by atoms with E-state index in [0.29, 0.717) is 0 Å². The van der Waals surface area contributed by atoms with Gasteiger partial charge in [0.2, 0.25) is 0 Å². The Morgan fingerprint density at radius 1 is 1.07 bits per heavy atom. The minimum Gasteiger partial charge on any atom is -0.303 e. The van der Waals surface area contributed by atoms with Crippen molar-refractivity contribution >= 4 is 21.8 Å². The Labute approximate surface area is 84.6 Å². The lowest BCUT2D eigenvalue weighted by molar-refractivity contribution is 1.12. The monoisotopic (exact) mass is 197 g/mol. The summed E-state index contributed by atoms with van der Waals surface area (Å²) in [5.74, 6) is 0. The van der Waals surface area contributed by atoms with Gasteiger partial charge < -0.3 is 4.98 Å². The number of hydrogen-bond acceptors (Lipinski definition) is 3. The molecule has 0 bridgehead atoms. The molecule has 3 aromatic rings. The minimum absolute atomic E-state index is 0.347. The van der Waals surface area contributed by atoms with Gasteiger partial charge in [-0.2, -0.15) is 0 Å². The molecule has 1 N–H and O–H groups in total. The van der Waals surface area contributed by atoms with Crippen molar-refractivity contribution in [3.8, 4) is 0 Å². The molecule has 0 spiro atoms. The molecule has 0 unspecified atom stereocenters. The summed E-state index contributed by atoms with van der Waals surface area (Å²) in [4.78, 5) is 21.8. The molecular weight excluding hydrogens is 190 g/mol. The highest BCUT2D eigenvalue weighted by Crippen LogP contribution is 2.19. The fraction of sp³-hybridized carbons (Fsp3) is 0. The molecule has 4 heteroatoms. The van der Waals surface area contributed by atoms with Crippen LogP contribution in [0.3, 0.4) is 0 Å². The van der Waals surface area contributed by atoms with E-state index >= 15 is 0 Å². The number of aromatic amines is 1. The number of fused-ring (bicyclic) bond motifs is 3. The van der Waals surface area contributed by atoms with Gasteiger partial charge in [0, 0.05) is 23.2 Å². The summed E-state index contributed by atoms with van der Waals surface area (Å²) in [7, 11) is 0. The quantitative estimate of drug-likeness (QED) is 0.555. The molecule has 0 saturated heterocycles. The van der Waals surface area contributed by atoms with E-state index in [1.165, 1.54) is 0 Å². The summed E-state index contributed by atoms with van der Waals surface area (Å²) in [6.07, 6.45) is 3.27. The Kier molecular flexibility index (Phi) is 1.56. The maximum absolute atomic E-state index is 11.1. The Balaban J connectivity index is 2.63. The summed E-state index contributed by atoms with van der Waals surface area (Å²) < 4.78 is 0. The maximum Gasteiger partial charge on any atom is 0.345 e. The molecule has 0 aliphatic carbocycles. The second-order valence-corrected chi connectivity index (χ2v) is 3.29. The van der Waals surface area contributed by atoms with Crippen LogP contribution in [0.5, 0.6) is 0 Å². The van der Waals surface area contributed by atoms with Crippen LogP contribution in [0, 0.1) is 0 Å². The highest BCUT2D eigenvalue weighted by Gasteiger charge is 2.01. The standard InChI is InChI=1S/C11H7N3O/c15-11-13-6-8-4-3-7-2-1-5-12-9(7)10(8)14-11/h1-6H,(H,13,14,15). The van der Waals surface area contributed by atoms with Crippen molar-refractivity contribution in [1.82, 2.24) is 15.0 Å². The summed E-state index contributed by atoms with van der Waals surface area (Å²) >= 11 is 0. The van der Waals surface area contributed by atoms with Crippen molar-refractivity contribution in [2.24, 2.45) is 0 Å². The minimum atomic E-state index is -0.347. The van der Waals surface area contributed by atoms with Crippen LogP contribution in [0.25, 0.3) is 21.8 Å². The largest absolute Gasteiger partial charge is 0.345 e. The third-order valence-electron chi connectivity index (χ3n) is 2.36. The second-order valence-electron chi connectivity index (χ2n) is 3.29. The number of benzene rings is 1. The first-order valence-electron chi connectivity index (χ1n) is 4.57. The number of nitrogens with one attached hydrogen (secondary N) is 1. The van der Waals surface area contributed by atoms with E-state index in [1.807, 2.05) is 24.3 Å². The number of rotatable bonds is 0. The fourth-order valence-electron chi connectivity index (χ4n) is 1.67. The zero-order chi connectivity index (χ0) is 10.3. The van der Waals surface area contributed by atoms with Crippen molar-refractivity contribution in [2.75, 3.05) is 0 Å². The summed E-state index contributed by atoms with van der Waals surface area (Å²) in [6.45, 7) is 0. The van der Waals surface area contributed by atoms with E-state index in [9.17, 15) is 4.79 Å². The van der Waals surface area contributed by atoms with E-state index in [0.717, 1.165) is 21.8 Å². The average molecular weight is 197 g/mol. The highest BCUT2D eigenvalue weighted by molar-refractivity contribution is 6.01. The van der Waals surface area contributed by atoms with Crippen LogP contribution in [-0.4, -0.2) is 15.0 Å². The van der Waals surface area contributed by atoms with Gasteiger partial charge in [0.1, 0.15) is 0 Å². The van der Waals surface area contributed by atoms with E-state index in [4.69, 9.17) is 0 Å². The van der Waals surface area contributed by atoms with Gasteiger partial charge in [-0.3, -0.25) is 4.98 Å². The van der Waals surface area contributed by atoms with Crippen LogP contribution < -0.4 is 5.69 Å². The molecule has 2 aromatic heterocycles. The molecule has 0 aliphatic rings. The van der Waals surface area contributed by atoms with Crippen molar-refractivity contribution in [3.05, 3.63) is 47.1 Å². The SMILES string of the molecule is O=c1ncc2ccc3cccnc3c2[nH]1. The van der Waals surface area contributed by atoms with Crippen LogP contribution in [0.1, 0.15) is 0 Å². The van der Waals surface area contributed by atoms with Gasteiger partial charge in [-0.25, -0.2) is 9.78 Å². The van der Waals surface area contributed by atoms with Crippen LogP contribution >= 0.6 is 0 Å². The average Bonchev–Trinajstić information content (AvgIpc) is 2.29. The van der Waals surface area contributed by atoms with Crippen molar-refractivity contribution in [1.29, 1.82) is 0 Å². The molecule has 2 heterocycles. The van der Waals surface area contributed by atoms with E-state index in [-0.39, 0.29) is 5.69 Å². The number of pyridine rings is 1. The third-order valence-corrected chi connectivity index (χ3v) is 2.36. The predicted octanol–water partition coefficient (Wildman–Crippen LogP) is 1.47. The normalized spacial score (nSPS) is 10.9. The van der Waals surface area contributed by atoms with Gasteiger partial charge in [-0.15, -0.1) is 0 Å². The lowest BCUT2D eigenvalue weighted by Crippen LogP contribution is -2.08. The number of nitrogens with zero attached hydrogens (tertiary/aromatic N) is 2. The lowest BCUT2D eigenvalue weighted by Gasteiger charge is -2.00. The van der Waals surface area contributed by atoms with Crippen LogP contribution in [-0.2, 0) is 0 Å². The van der Waals surface area contributed by atoms with Crippen molar-refractivity contribution in [2.45, 2.75) is 0 Å². The van der Waals surface area contributed by atoms with Gasteiger partial charge in [-0.1, -0.05) is 18.2 Å². The first kappa shape index (κ1) is 8.11. The Hall–Kier alpha value is -2.23. The molecule has 15 heavy (non-hydrogen) atoms. The van der Waals surface area contributed by atoms with Gasteiger partial charge >= 0.3 is 5.69 Å². The first-order valence-corrected chi connectivity index (χ1v) is 4.57. The van der Waals surface area contributed by atoms with Crippen LogP contribution in [0.4, 0.5) is 0 Å². The molecule has 4 nitrogen and oxygen atoms in total. The Bertz CT molecular complexity index is 703. The molecule has 3 rings (SSSR count). The Morgan fingerprint density at radius 2 is 1.93 bits per heavy atom. The fourth-order valence-corrected chi connectivity index (χ4v) is 1.67. The van der Waals surface area contributed by atoms with E-state index in [1.54, 1.807) is 12.4 Å². The molecule has 0 atom stereocenters. The Morgan fingerprint density at radius 3 is 2.87 bits per heavy atom. The van der Waals surface area contributed by atoms with Crippen molar-refractivity contribution < 1.29 is 0 Å². The van der Waals surface area contributed by atoms with Gasteiger partial charge in [-0.05, 0) is 6.07 Å². The predicted molar refractivity (Wildman–Crippen MR) is 57.7 cm³/mol. The van der Waals surface area contributed by atoms with Crippen molar-refractivity contribution in [3.63, 3.8) is 0 Å². The van der Waals surface area contributed by atoms with Gasteiger partial charge in [0.25, 0.3) is 0 Å². The zero-order valence-electron chi connectivity index (χ0n) is 7.77. The zero-order valence-corrected chi connectivity index (χ0v) is 7.77. The van der Waals surface area contributed by atoms with E-state index in [2.05, 4.69) is 15.0 Å². The number of H-pyrrole nitrogens is 1. The lowest BCUT2D eigenvalue weighted by atomic mass is 10.1. The third kappa shape index (κ3) is 1.19. The van der Waals surface area contributed by atoms with Crippen LogP contribution in [0.2, 0.25) is 0 Å². The first-order chi connectivity index (χ1) is 7.34. The molecule has 0 saturated carbocycles. The van der Waals surface area contributed by atoms with Crippen LogP contribution in [0.15, 0.2) is 41.5 Å². The summed E-state index contributed by atoms with van der Waals surface area (Å²) in [6, 6.07) is 7.71. The summed E-state index contributed by atoms with van der Waals surface area (Å²) in [5, 5.41) is 1.90. The summed E-state index contributed by atoms with van der Waals surface area (Å²) in [5.41, 5.74) is 1.20. The molecule has 0 radical (unpaired) electrons. The molecule has 1 aromatic carbocycles. The molecule has 0 amide bonds. The molecule has 0 aliphatic heterocycles. The van der Waals surface area contributed by atoms with Gasteiger partial charge in [0.15, 0.2) is 0 Å². The highest BCUT2D eigenvalue weighted by atomic mass is 16.1. The molecule has 72 valence electrons. The van der Waals surface area contributed by atoms with Gasteiger partial charge in [0.05, 0.1) is 11.0 Å². The number of aromatic nitrogens is 3. The van der Waals surface area contributed by atoms with E-state index < -0.39 is 0 Å². The topological polar surface area (TPSA) is 58.6 Å². The second kappa shape index (κ2) is 2.88. The smallest absolute Gasteiger partial charge is 0.303 e. The molecular formula is C11H7N3O.